The second-order valence-electron chi connectivity index (χ2n) is 5.31. The average Bonchev–Trinajstić information content (AvgIpc) is 3.12. The molecule has 1 aliphatic heterocycles. The molecule has 0 bridgehead atoms. The molecule has 2 aromatic rings. The Morgan fingerprint density at radius 2 is 2.21 bits per heavy atom. The Kier molecular flexibility index (Phi) is 4.45. The fourth-order valence-electron chi connectivity index (χ4n) is 2.66. The van der Waals surface area contributed by atoms with E-state index >= 15 is 0 Å². The molecular weight excluding hydrogens is 318 g/mol. The predicted molar refractivity (Wildman–Crippen MR) is 83.0 cm³/mol. The van der Waals surface area contributed by atoms with Crippen LogP contribution >= 0.6 is 0 Å². The van der Waals surface area contributed by atoms with Gasteiger partial charge < -0.3 is 25.8 Å². The van der Waals surface area contributed by atoms with Gasteiger partial charge in [0.05, 0.1) is 6.61 Å². The van der Waals surface area contributed by atoms with Crippen molar-refractivity contribution < 1.29 is 20.1 Å². The number of aliphatic hydroxyl groups excluding tert-OH is 3. The topological polar surface area (TPSA) is 164 Å². The third kappa shape index (κ3) is 2.43. The molecule has 11 heteroatoms. The Bertz CT molecular complexity index is 738. The molecule has 7 N–H and O–H groups in total. The SMILES string of the molecule is C=CCNN[C@@]1(n2cnc3c(N)ncnc32)O[C@H](CO)[C@@H](O)[C@H]1O. The largest absolute Gasteiger partial charge is 0.394 e. The summed E-state index contributed by atoms with van der Waals surface area (Å²) < 4.78 is 7.11. The number of rotatable bonds is 6. The van der Waals surface area contributed by atoms with E-state index in [1.54, 1.807) is 6.08 Å². The van der Waals surface area contributed by atoms with Crippen molar-refractivity contribution in [3.63, 3.8) is 0 Å². The molecule has 0 spiro atoms. The number of aromatic nitrogens is 4. The van der Waals surface area contributed by atoms with Crippen LogP contribution in [0.3, 0.4) is 0 Å². The second-order valence-corrected chi connectivity index (χ2v) is 5.31. The number of aliphatic hydroxyl groups is 3. The zero-order valence-corrected chi connectivity index (χ0v) is 12.7. The van der Waals surface area contributed by atoms with Crippen LogP contribution in [0.25, 0.3) is 11.2 Å². The molecule has 130 valence electrons. The van der Waals surface area contributed by atoms with E-state index in [-0.39, 0.29) is 5.82 Å². The molecule has 0 aromatic carbocycles. The molecule has 0 aliphatic carbocycles. The van der Waals surface area contributed by atoms with Gasteiger partial charge in [0.25, 0.3) is 0 Å². The molecule has 2 aromatic heterocycles. The highest BCUT2D eigenvalue weighted by atomic mass is 16.6. The molecule has 0 unspecified atom stereocenters. The molecule has 1 saturated heterocycles. The summed E-state index contributed by atoms with van der Waals surface area (Å²) in [6.07, 6.45) is 0.435. The van der Waals surface area contributed by atoms with Crippen LogP contribution in [-0.2, 0) is 10.6 Å². The number of fused-ring (bicyclic) bond motifs is 1. The highest BCUT2D eigenvalue weighted by molar-refractivity contribution is 5.81. The minimum atomic E-state index is -1.66. The van der Waals surface area contributed by atoms with Crippen molar-refractivity contribution in [2.45, 2.75) is 24.2 Å². The van der Waals surface area contributed by atoms with Gasteiger partial charge in [-0.25, -0.2) is 25.8 Å². The standard InChI is InChI=1S/C13H19N7O4/c1-2-3-18-19-13(10(23)9(22)7(4-21)24-13)20-6-17-8-11(14)15-5-16-12(8)20/h2,5-7,9-10,18-19,21-23H,1,3-4H2,(H2,14,15,16)/t7-,9-,10-,13+/m1/s1. The van der Waals surface area contributed by atoms with E-state index in [9.17, 15) is 15.3 Å². The fourth-order valence-corrected chi connectivity index (χ4v) is 2.66. The Labute approximate surface area is 136 Å². The van der Waals surface area contributed by atoms with Crippen molar-refractivity contribution in [2.75, 3.05) is 18.9 Å². The van der Waals surface area contributed by atoms with E-state index in [4.69, 9.17) is 10.5 Å². The number of nitrogens with zero attached hydrogens (tertiary/aromatic N) is 4. The van der Waals surface area contributed by atoms with Crippen LogP contribution in [-0.4, -0.2) is 66.3 Å². The first-order valence-corrected chi connectivity index (χ1v) is 7.25. The van der Waals surface area contributed by atoms with Gasteiger partial charge in [0.2, 0.25) is 5.85 Å². The van der Waals surface area contributed by atoms with Crippen LogP contribution in [0, 0.1) is 0 Å². The van der Waals surface area contributed by atoms with Gasteiger partial charge in [0.15, 0.2) is 11.5 Å². The number of anilines is 1. The summed E-state index contributed by atoms with van der Waals surface area (Å²) in [5, 5.41) is 30.1. The van der Waals surface area contributed by atoms with E-state index in [2.05, 4.69) is 32.4 Å². The summed E-state index contributed by atoms with van der Waals surface area (Å²) in [4.78, 5) is 12.1. The number of ether oxygens (including phenoxy) is 1. The van der Waals surface area contributed by atoms with Crippen LogP contribution in [0.4, 0.5) is 5.82 Å². The molecule has 3 heterocycles. The van der Waals surface area contributed by atoms with Crippen molar-refractivity contribution in [2.24, 2.45) is 0 Å². The lowest BCUT2D eigenvalue weighted by atomic mass is 10.1. The number of nitrogens with two attached hydrogens (primary N) is 1. The maximum absolute atomic E-state index is 10.6. The first-order chi connectivity index (χ1) is 11.5. The number of hydrogen-bond donors (Lipinski definition) is 6. The maximum atomic E-state index is 10.6. The first-order valence-electron chi connectivity index (χ1n) is 7.25. The van der Waals surface area contributed by atoms with Gasteiger partial charge >= 0.3 is 0 Å². The van der Waals surface area contributed by atoms with E-state index in [0.29, 0.717) is 17.7 Å². The lowest BCUT2D eigenvalue weighted by Crippen LogP contribution is -2.60. The molecule has 4 atom stereocenters. The zero-order chi connectivity index (χ0) is 17.3. The summed E-state index contributed by atoms with van der Waals surface area (Å²) in [5.74, 6) is -1.49. The van der Waals surface area contributed by atoms with Crippen LogP contribution in [0.2, 0.25) is 0 Å². The van der Waals surface area contributed by atoms with Crippen LogP contribution < -0.4 is 16.6 Å². The van der Waals surface area contributed by atoms with Crippen LogP contribution in [0.1, 0.15) is 0 Å². The molecule has 0 radical (unpaired) electrons. The molecule has 1 fully saturated rings. The Hall–Kier alpha value is -2.15. The van der Waals surface area contributed by atoms with Crippen molar-refractivity contribution in [3.05, 3.63) is 25.3 Å². The molecular formula is C13H19N7O4. The quantitative estimate of drug-likeness (QED) is 0.187. The Morgan fingerprint density at radius 3 is 2.88 bits per heavy atom. The van der Waals surface area contributed by atoms with Crippen molar-refractivity contribution in [1.29, 1.82) is 0 Å². The van der Waals surface area contributed by atoms with Gasteiger partial charge in [-0.2, -0.15) is 0 Å². The van der Waals surface area contributed by atoms with E-state index in [1.165, 1.54) is 17.2 Å². The van der Waals surface area contributed by atoms with Crippen LogP contribution in [0.15, 0.2) is 25.3 Å². The second kappa shape index (κ2) is 6.39. The van der Waals surface area contributed by atoms with Gasteiger partial charge in [0.1, 0.15) is 36.5 Å². The molecule has 1 aliphatic rings. The third-order valence-electron chi connectivity index (χ3n) is 3.85. The smallest absolute Gasteiger partial charge is 0.247 e. The minimum absolute atomic E-state index is 0.166. The Balaban J connectivity index is 2.10. The van der Waals surface area contributed by atoms with Crippen LogP contribution in [0.5, 0.6) is 0 Å². The molecule has 11 nitrogen and oxygen atoms in total. The summed E-state index contributed by atoms with van der Waals surface area (Å²) in [7, 11) is 0. The van der Waals surface area contributed by atoms with Gasteiger partial charge in [-0.3, -0.25) is 4.57 Å². The van der Waals surface area contributed by atoms with Gasteiger partial charge in [-0.15, -0.1) is 6.58 Å². The maximum Gasteiger partial charge on any atom is 0.247 e. The zero-order valence-electron chi connectivity index (χ0n) is 12.7. The number of nitrogen functional groups attached to an aromatic ring is 1. The summed E-state index contributed by atoms with van der Waals surface area (Å²) in [6, 6.07) is 0. The van der Waals surface area contributed by atoms with E-state index in [1.807, 2.05) is 0 Å². The lowest BCUT2D eigenvalue weighted by molar-refractivity contribution is -0.175. The van der Waals surface area contributed by atoms with Crippen molar-refractivity contribution in [1.82, 2.24) is 30.4 Å². The molecule has 0 saturated carbocycles. The summed E-state index contributed by atoms with van der Waals surface area (Å²) in [5.41, 5.74) is 12.0. The summed E-state index contributed by atoms with van der Waals surface area (Å²) in [6.45, 7) is 3.45. The van der Waals surface area contributed by atoms with Gasteiger partial charge in [-0.05, 0) is 0 Å². The number of hydrazine groups is 1. The first kappa shape index (κ1) is 16.7. The van der Waals surface area contributed by atoms with Crippen molar-refractivity contribution >= 4 is 17.0 Å². The average molecular weight is 337 g/mol. The number of imidazole rings is 1. The van der Waals surface area contributed by atoms with Gasteiger partial charge in [-0.1, -0.05) is 6.08 Å². The predicted octanol–water partition coefficient (Wildman–Crippen LogP) is -2.59. The normalized spacial score (nSPS) is 30.0. The number of nitrogens with one attached hydrogen (secondary N) is 2. The van der Waals surface area contributed by atoms with Crippen molar-refractivity contribution in [3.8, 4) is 0 Å². The highest BCUT2D eigenvalue weighted by Crippen LogP contribution is 2.35. The van der Waals surface area contributed by atoms with Gasteiger partial charge in [0, 0.05) is 6.54 Å². The minimum Gasteiger partial charge on any atom is -0.394 e. The summed E-state index contributed by atoms with van der Waals surface area (Å²) >= 11 is 0. The molecule has 0 amide bonds. The lowest BCUT2D eigenvalue weighted by Gasteiger charge is -2.34. The fraction of sp³-hybridized carbons (Fsp3) is 0.462. The monoisotopic (exact) mass is 337 g/mol. The molecule has 24 heavy (non-hydrogen) atoms. The third-order valence-corrected chi connectivity index (χ3v) is 3.85. The van der Waals surface area contributed by atoms with E-state index in [0.717, 1.165) is 0 Å². The number of hydrogen-bond acceptors (Lipinski definition) is 10. The highest BCUT2D eigenvalue weighted by Gasteiger charge is 2.56. The van der Waals surface area contributed by atoms with E-state index < -0.39 is 30.8 Å². The Morgan fingerprint density at radius 1 is 1.42 bits per heavy atom. The molecule has 3 rings (SSSR count).